The molecule has 0 fully saturated rings. The number of nitrogens with zero attached hydrogens (tertiary/aromatic N) is 3. The molecular formula is C16H16N4OS2. The summed E-state index contributed by atoms with van der Waals surface area (Å²) in [6, 6.07) is 3.78. The maximum Gasteiger partial charge on any atom is 0.269 e. The van der Waals surface area contributed by atoms with E-state index in [1.165, 1.54) is 22.7 Å². The van der Waals surface area contributed by atoms with Crippen molar-refractivity contribution in [1.29, 1.82) is 0 Å². The number of carbonyl (C=O) groups excluding carboxylic acids is 1. The van der Waals surface area contributed by atoms with Crippen molar-refractivity contribution in [3.8, 4) is 11.3 Å². The van der Waals surface area contributed by atoms with Crippen molar-refractivity contribution in [2.45, 2.75) is 20.3 Å². The number of carbonyl (C=O) groups is 1. The summed E-state index contributed by atoms with van der Waals surface area (Å²) in [4.78, 5) is 25.6. The van der Waals surface area contributed by atoms with Crippen LogP contribution < -0.4 is 5.32 Å². The average Bonchev–Trinajstić information content (AvgIpc) is 3.17. The SMILES string of the molecule is CC(C)Cc1ncc(C(=O)Nc2nc(-c3ccncc3)cs2)s1. The predicted molar refractivity (Wildman–Crippen MR) is 94.0 cm³/mol. The second-order valence-electron chi connectivity index (χ2n) is 5.44. The summed E-state index contributed by atoms with van der Waals surface area (Å²) in [5.41, 5.74) is 1.81. The molecule has 0 aliphatic carbocycles. The van der Waals surface area contributed by atoms with E-state index < -0.39 is 0 Å². The van der Waals surface area contributed by atoms with Gasteiger partial charge in [0.05, 0.1) is 16.9 Å². The van der Waals surface area contributed by atoms with Crippen LogP contribution in [0.15, 0.2) is 36.1 Å². The van der Waals surface area contributed by atoms with Gasteiger partial charge in [-0.1, -0.05) is 13.8 Å². The van der Waals surface area contributed by atoms with Gasteiger partial charge >= 0.3 is 0 Å². The molecule has 3 heterocycles. The third kappa shape index (κ3) is 4.00. The Labute approximate surface area is 142 Å². The number of thiazole rings is 2. The zero-order valence-electron chi connectivity index (χ0n) is 12.8. The first-order valence-corrected chi connectivity index (χ1v) is 8.93. The fourth-order valence-electron chi connectivity index (χ4n) is 2.00. The molecule has 0 aromatic carbocycles. The van der Waals surface area contributed by atoms with Crippen molar-refractivity contribution in [2.75, 3.05) is 5.32 Å². The van der Waals surface area contributed by atoms with Gasteiger partial charge in [-0.3, -0.25) is 15.1 Å². The van der Waals surface area contributed by atoms with Crippen LogP contribution in [0.4, 0.5) is 5.13 Å². The Morgan fingerprint density at radius 2 is 2.09 bits per heavy atom. The summed E-state index contributed by atoms with van der Waals surface area (Å²) in [5.74, 6) is 0.368. The van der Waals surface area contributed by atoms with E-state index in [2.05, 4.69) is 34.1 Å². The molecular weight excluding hydrogens is 328 g/mol. The van der Waals surface area contributed by atoms with E-state index in [9.17, 15) is 4.79 Å². The number of anilines is 1. The zero-order chi connectivity index (χ0) is 16.2. The first-order valence-electron chi connectivity index (χ1n) is 7.24. The molecule has 23 heavy (non-hydrogen) atoms. The highest BCUT2D eigenvalue weighted by Crippen LogP contribution is 2.25. The molecule has 3 aromatic rings. The van der Waals surface area contributed by atoms with Crippen LogP contribution in [0.3, 0.4) is 0 Å². The van der Waals surface area contributed by atoms with Gasteiger partial charge in [0.2, 0.25) is 0 Å². The Morgan fingerprint density at radius 3 is 2.83 bits per heavy atom. The van der Waals surface area contributed by atoms with Crippen molar-refractivity contribution < 1.29 is 4.79 Å². The molecule has 0 saturated heterocycles. The Bertz CT molecular complexity index is 795. The second kappa shape index (κ2) is 6.97. The van der Waals surface area contributed by atoms with Crippen LogP contribution in [0.1, 0.15) is 28.5 Å². The van der Waals surface area contributed by atoms with Gasteiger partial charge in [0.15, 0.2) is 5.13 Å². The monoisotopic (exact) mass is 344 g/mol. The van der Waals surface area contributed by atoms with Gasteiger partial charge in [-0.2, -0.15) is 0 Å². The number of rotatable bonds is 5. The molecule has 0 radical (unpaired) electrons. The van der Waals surface area contributed by atoms with Crippen LogP contribution in [0.25, 0.3) is 11.3 Å². The molecule has 3 aromatic heterocycles. The van der Waals surface area contributed by atoms with Gasteiger partial charge in [0.25, 0.3) is 5.91 Å². The summed E-state index contributed by atoms with van der Waals surface area (Å²) >= 11 is 2.84. The Balaban J connectivity index is 1.69. The normalized spacial score (nSPS) is 10.9. The van der Waals surface area contributed by atoms with Crippen LogP contribution in [0, 0.1) is 5.92 Å². The minimum atomic E-state index is -0.159. The quantitative estimate of drug-likeness (QED) is 0.756. The van der Waals surface area contributed by atoms with Crippen LogP contribution >= 0.6 is 22.7 Å². The molecule has 0 aliphatic rings. The summed E-state index contributed by atoms with van der Waals surface area (Å²) in [5, 5.41) is 6.33. The topological polar surface area (TPSA) is 67.8 Å². The maximum absolute atomic E-state index is 12.3. The summed E-state index contributed by atoms with van der Waals surface area (Å²) in [7, 11) is 0. The maximum atomic E-state index is 12.3. The van der Waals surface area contributed by atoms with Gasteiger partial charge in [0.1, 0.15) is 4.88 Å². The summed E-state index contributed by atoms with van der Waals surface area (Å²) in [6.07, 6.45) is 5.97. The van der Waals surface area contributed by atoms with Gasteiger partial charge < -0.3 is 0 Å². The van der Waals surface area contributed by atoms with Gasteiger partial charge in [-0.15, -0.1) is 22.7 Å². The summed E-state index contributed by atoms with van der Waals surface area (Å²) < 4.78 is 0. The first-order chi connectivity index (χ1) is 11.1. The lowest BCUT2D eigenvalue weighted by Gasteiger charge is -1.99. The fourth-order valence-corrected chi connectivity index (χ4v) is 3.74. The Kier molecular flexibility index (Phi) is 4.78. The molecule has 1 N–H and O–H groups in total. The van der Waals surface area contributed by atoms with Crippen molar-refractivity contribution in [3.63, 3.8) is 0 Å². The van der Waals surface area contributed by atoms with E-state index in [0.29, 0.717) is 15.9 Å². The highest BCUT2D eigenvalue weighted by Gasteiger charge is 2.13. The Morgan fingerprint density at radius 1 is 1.30 bits per heavy atom. The minimum Gasteiger partial charge on any atom is -0.297 e. The number of nitrogens with one attached hydrogen (secondary N) is 1. The Hall–Kier alpha value is -2.12. The molecule has 1 amide bonds. The molecule has 118 valence electrons. The van der Waals surface area contributed by atoms with Crippen LogP contribution in [0.5, 0.6) is 0 Å². The number of hydrogen-bond acceptors (Lipinski definition) is 6. The lowest BCUT2D eigenvalue weighted by molar-refractivity contribution is 0.103. The van der Waals surface area contributed by atoms with Gasteiger partial charge in [-0.25, -0.2) is 9.97 Å². The molecule has 3 rings (SSSR count). The highest BCUT2D eigenvalue weighted by atomic mass is 32.1. The van der Waals surface area contributed by atoms with Gasteiger partial charge in [0, 0.05) is 29.8 Å². The van der Waals surface area contributed by atoms with Crippen molar-refractivity contribution >= 4 is 33.7 Å². The third-order valence-corrected chi connectivity index (χ3v) is 4.84. The van der Waals surface area contributed by atoms with Crippen LogP contribution in [0.2, 0.25) is 0 Å². The van der Waals surface area contributed by atoms with E-state index in [1.54, 1.807) is 18.6 Å². The number of pyridine rings is 1. The summed E-state index contributed by atoms with van der Waals surface area (Å²) in [6.45, 7) is 4.27. The van der Waals surface area contributed by atoms with Crippen molar-refractivity contribution in [2.24, 2.45) is 5.92 Å². The number of aromatic nitrogens is 3. The van der Waals surface area contributed by atoms with Crippen molar-refractivity contribution in [1.82, 2.24) is 15.0 Å². The molecule has 0 bridgehead atoms. The van der Waals surface area contributed by atoms with E-state index in [0.717, 1.165) is 22.7 Å². The fraction of sp³-hybridized carbons (Fsp3) is 0.250. The average molecular weight is 344 g/mol. The molecule has 0 unspecified atom stereocenters. The van der Waals surface area contributed by atoms with E-state index in [1.807, 2.05) is 17.5 Å². The minimum absolute atomic E-state index is 0.159. The standard InChI is InChI=1S/C16H16N4OS2/c1-10(2)7-14-18-8-13(23-14)15(21)20-16-19-12(9-22-16)11-3-5-17-6-4-11/h3-6,8-10H,7H2,1-2H3,(H,19,20,21). The third-order valence-electron chi connectivity index (χ3n) is 3.06. The van der Waals surface area contributed by atoms with E-state index in [4.69, 9.17) is 0 Å². The molecule has 0 saturated carbocycles. The predicted octanol–water partition coefficient (Wildman–Crippen LogP) is 4.11. The zero-order valence-corrected chi connectivity index (χ0v) is 14.4. The number of amides is 1. The van der Waals surface area contributed by atoms with Gasteiger partial charge in [-0.05, 0) is 18.1 Å². The van der Waals surface area contributed by atoms with Crippen LogP contribution in [-0.4, -0.2) is 20.9 Å². The highest BCUT2D eigenvalue weighted by molar-refractivity contribution is 7.15. The molecule has 5 nitrogen and oxygen atoms in total. The van der Waals surface area contributed by atoms with E-state index in [-0.39, 0.29) is 5.91 Å². The largest absolute Gasteiger partial charge is 0.297 e. The molecule has 0 aliphatic heterocycles. The molecule has 0 spiro atoms. The molecule has 7 heteroatoms. The molecule has 0 atom stereocenters. The van der Waals surface area contributed by atoms with Crippen LogP contribution in [-0.2, 0) is 6.42 Å². The number of hydrogen-bond donors (Lipinski definition) is 1. The van der Waals surface area contributed by atoms with Crippen molar-refractivity contribution in [3.05, 3.63) is 46.0 Å². The second-order valence-corrected chi connectivity index (χ2v) is 7.42. The first kappa shape index (κ1) is 15.8. The lowest BCUT2D eigenvalue weighted by Crippen LogP contribution is -2.09. The lowest BCUT2D eigenvalue weighted by atomic mass is 10.1. The van der Waals surface area contributed by atoms with E-state index >= 15 is 0 Å². The smallest absolute Gasteiger partial charge is 0.269 e.